The molecule has 2 aromatic heterocycles. The maximum Gasteiger partial charge on any atom is 0.448 e. The number of benzene rings is 2. The lowest BCUT2D eigenvalue weighted by Crippen LogP contribution is -2.36. The number of aromatic carboxylic acids is 1. The van der Waals surface area contributed by atoms with Crippen molar-refractivity contribution in [1.29, 1.82) is 0 Å². The molecule has 1 aliphatic rings. The Hall–Kier alpha value is -6.19. The van der Waals surface area contributed by atoms with E-state index in [9.17, 15) is 38.3 Å². The molecular weight excluding hydrogens is 593 g/mol. The number of hydrogen-bond acceptors (Lipinski definition) is 11. The van der Waals surface area contributed by atoms with Crippen molar-refractivity contribution < 1.29 is 28.4 Å². The van der Waals surface area contributed by atoms with Gasteiger partial charge >= 0.3 is 11.7 Å². The average Bonchev–Trinajstić information content (AvgIpc) is 3.62. The Morgan fingerprint density at radius 2 is 1.89 bits per heavy atom. The molecule has 0 unspecified atom stereocenters. The predicted octanol–water partition coefficient (Wildman–Crippen LogP) is 1.10. The first-order chi connectivity index (χ1) is 21.4. The highest BCUT2D eigenvalue weighted by atomic mass is 19.1. The van der Waals surface area contributed by atoms with Gasteiger partial charge in [0.15, 0.2) is 0 Å². The zero-order chi connectivity index (χ0) is 32.2. The quantitative estimate of drug-likeness (QED) is 0.155. The highest BCUT2D eigenvalue weighted by molar-refractivity contribution is 5.98. The van der Waals surface area contributed by atoms with Crippen molar-refractivity contribution in [3.63, 3.8) is 0 Å². The van der Waals surface area contributed by atoms with Gasteiger partial charge in [0.1, 0.15) is 28.6 Å². The summed E-state index contributed by atoms with van der Waals surface area (Å²) in [7, 11) is 0. The fourth-order valence-electron chi connectivity index (χ4n) is 5.35. The third-order valence-corrected chi connectivity index (χ3v) is 7.71. The van der Waals surface area contributed by atoms with E-state index in [4.69, 9.17) is 5.73 Å². The van der Waals surface area contributed by atoms with Crippen LogP contribution in [-0.2, 0) is 13.0 Å². The van der Waals surface area contributed by atoms with E-state index >= 15 is 0 Å². The van der Waals surface area contributed by atoms with E-state index in [2.05, 4.69) is 30.6 Å². The van der Waals surface area contributed by atoms with Crippen LogP contribution >= 0.6 is 0 Å². The van der Waals surface area contributed by atoms with Crippen LogP contribution in [0.15, 0.2) is 55.3 Å². The number of carbonyl (C=O) groups is 3. The van der Waals surface area contributed by atoms with Crippen molar-refractivity contribution in [2.24, 2.45) is 0 Å². The minimum absolute atomic E-state index is 0.163. The van der Waals surface area contributed by atoms with Crippen LogP contribution in [0.25, 0.3) is 5.78 Å². The smallest absolute Gasteiger partial charge is 0.448 e. The maximum absolute atomic E-state index is 14.4. The molecule has 228 valence electrons. The number of hydrogen-bond donors (Lipinski definition) is 5. The number of carbonyl (C=O) groups excluding carboxylic acids is 2. The molecule has 2 amide bonds. The molecule has 0 bridgehead atoms. The number of fused-ring (bicyclic) bond motifs is 2. The number of halogens is 1. The molecule has 16 heteroatoms. The van der Waals surface area contributed by atoms with Gasteiger partial charge < -0.3 is 26.8 Å². The number of rotatable bonds is 8. The van der Waals surface area contributed by atoms with Crippen molar-refractivity contribution >= 4 is 40.6 Å². The van der Waals surface area contributed by atoms with Crippen LogP contribution in [0.2, 0.25) is 0 Å². The Bertz CT molecular complexity index is 2210. The molecule has 0 spiro atoms. The Balaban J connectivity index is 1.22. The van der Waals surface area contributed by atoms with Crippen LogP contribution < -0.4 is 38.3 Å². The normalized spacial score (nSPS) is 14.0. The SMILES string of the molecule is Cc1c(C(=O)O)ccc2c1CC[C@@H]2NC(=O)c1cc(C(=O)NCc2ccc(F)c(Nc3c(N)c(=O)c3=O)c2)n2c(=O)onc2n1. The number of nitrogens with one attached hydrogen (secondary N) is 3. The van der Waals surface area contributed by atoms with Crippen LogP contribution in [0.1, 0.15) is 66.1 Å². The Labute approximate surface area is 250 Å². The van der Waals surface area contributed by atoms with Gasteiger partial charge in [-0.3, -0.25) is 23.7 Å². The predicted molar refractivity (Wildman–Crippen MR) is 155 cm³/mol. The third-order valence-electron chi connectivity index (χ3n) is 7.71. The van der Waals surface area contributed by atoms with E-state index in [0.29, 0.717) is 24.0 Å². The van der Waals surface area contributed by atoms with Gasteiger partial charge in [-0.05, 0) is 71.4 Å². The number of nitrogens with zero attached hydrogens (tertiary/aromatic N) is 3. The van der Waals surface area contributed by atoms with Gasteiger partial charge in [0.2, 0.25) is 0 Å². The summed E-state index contributed by atoms with van der Waals surface area (Å²) >= 11 is 0. The van der Waals surface area contributed by atoms with E-state index in [-0.39, 0.29) is 46.3 Å². The number of carboxylic acid groups (broad SMARTS) is 1. The van der Waals surface area contributed by atoms with E-state index in [1.807, 2.05) is 0 Å². The largest absolute Gasteiger partial charge is 0.478 e. The number of anilines is 3. The van der Waals surface area contributed by atoms with E-state index in [1.54, 1.807) is 13.0 Å². The van der Waals surface area contributed by atoms with Gasteiger partial charge in [0.25, 0.3) is 28.4 Å². The van der Waals surface area contributed by atoms with E-state index in [0.717, 1.165) is 27.7 Å². The third kappa shape index (κ3) is 4.97. The first-order valence-corrected chi connectivity index (χ1v) is 13.4. The van der Waals surface area contributed by atoms with Crippen LogP contribution in [0.5, 0.6) is 0 Å². The fraction of sp³-hybridized carbons (Fsp3) is 0.172. The average molecular weight is 616 g/mol. The van der Waals surface area contributed by atoms with Gasteiger partial charge in [-0.25, -0.2) is 23.4 Å². The molecule has 15 nitrogen and oxygen atoms in total. The minimum atomic E-state index is -1.05. The van der Waals surface area contributed by atoms with E-state index in [1.165, 1.54) is 18.2 Å². The number of nitrogen functional groups attached to an aromatic ring is 1. The Morgan fingerprint density at radius 1 is 1.11 bits per heavy atom. The van der Waals surface area contributed by atoms with Crippen LogP contribution in [0.4, 0.5) is 21.5 Å². The van der Waals surface area contributed by atoms with Gasteiger partial charge in [0, 0.05) is 6.54 Å². The highest BCUT2D eigenvalue weighted by Gasteiger charge is 2.29. The summed E-state index contributed by atoms with van der Waals surface area (Å²) in [5.74, 6) is -4.66. The highest BCUT2D eigenvalue weighted by Crippen LogP contribution is 2.35. The van der Waals surface area contributed by atoms with Crippen molar-refractivity contribution in [2.75, 3.05) is 11.1 Å². The Kier molecular flexibility index (Phi) is 6.95. The van der Waals surface area contributed by atoms with Crippen molar-refractivity contribution in [1.82, 2.24) is 25.2 Å². The maximum atomic E-state index is 14.4. The zero-order valence-electron chi connectivity index (χ0n) is 23.3. The minimum Gasteiger partial charge on any atom is -0.478 e. The monoisotopic (exact) mass is 615 g/mol. The molecule has 0 radical (unpaired) electrons. The lowest BCUT2D eigenvalue weighted by Gasteiger charge is -2.15. The zero-order valence-corrected chi connectivity index (χ0v) is 23.3. The van der Waals surface area contributed by atoms with Gasteiger partial charge in [0.05, 0.1) is 17.3 Å². The van der Waals surface area contributed by atoms with Gasteiger partial charge in [-0.1, -0.05) is 12.1 Å². The molecule has 0 saturated carbocycles. The summed E-state index contributed by atoms with van der Waals surface area (Å²) in [6, 6.07) is 7.51. The van der Waals surface area contributed by atoms with Crippen molar-refractivity contribution in [2.45, 2.75) is 32.4 Å². The fourth-order valence-corrected chi connectivity index (χ4v) is 5.35. The second kappa shape index (κ2) is 10.8. The Morgan fingerprint density at radius 3 is 2.62 bits per heavy atom. The summed E-state index contributed by atoms with van der Waals surface area (Å²) in [6.07, 6.45) is 1.05. The van der Waals surface area contributed by atoms with Crippen molar-refractivity contribution in [3.8, 4) is 0 Å². The molecule has 3 aromatic carbocycles. The first-order valence-electron chi connectivity index (χ1n) is 13.4. The molecule has 2 heterocycles. The lowest BCUT2D eigenvalue weighted by atomic mass is 9.98. The lowest BCUT2D eigenvalue weighted by molar-refractivity contribution is 0.0695. The van der Waals surface area contributed by atoms with Crippen LogP contribution in [0, 0.1) is 12.7 Å². The molecule has 0 aliphatic heterocycles. The molecule has 0 saturated heterocycles. The second-order valence-corrected chi connectivity index (χ2v) is 10.4. The van der Waals surface area contributed by atoms with Gasteiger partial charge in [-0.15, -0.1) is 0 Å². The molecule has 6 rings (SSSR count). The summed E-state index contributed by atoms with van der Waals surface area (Å²) in [4.78, 5) is 77.5. The molecule has 45 heavy (non-hydrogen) atoms. The van der Waals surface area contributed by atoms with Crippen LogP contribution in [0.3, 0.4) is 0 Å². The summed E-state index contributed by atoms with van der Waals surface area (Å²) in [5.41, 5.74) is 5.23. The molecule has 0 fully saturated rings. The summed E-state index contributed by atoms with van der Waals surface area (Å²) in [5, 5.41) is 20.8. The summed E-state index contributed by atoms with van der Waals surface area (Å²) < 4.78 is 19.8. The van der Waals surface area contributed by atoms with Gasteiger partial charge in [-0.2, -0.15) is 0 Å². The molecular formula is C29H22FN7O8. The van der Waals surface area contributed by atoms with E-state index < -0.39 is 46.3 Å². The molecule has 1 aliphatic carbocycles. The number of nitrogens with two attached hydrogens (primary N) is 1. The summed E-state index contributed by atoms with van der Waals surface area (Å²) in [6.45, 7) is 1.53. The number of amides is 2. The molecule has 6 N–H and O–H groups in total. The van der Waals surface area contributed by atoms with Crippen molar-refractivity contribution in [3.05, 3.63) is 112 Å². The topological polar surface area (TPSA) is 228 Å². The first kappa shape index (κ1) is 28.9. The molecule has 1 atom stereocenters. The standard InChI is InChI=1S/C29H22FN7O8/c1-11-13-5-7-17(15(13)4-3-14(11)27(42)43)34-25(40)19-9-20(37-28(35-19)36-45-29(37)44)26(41)32-10-12-2-6-16(30)18(8-12)33-22-21(31)23(38)24(22)39/h2-4,6,8-9,17,33H,5,7,10,31H2,1H3,(H,32,41)(H,34,40)(H,42,43)/t17-/m0/s1. The number of carboxylic acids is 1. The number of aromatic nitrogens is 3. The van der Waals surface area contributed by atoms with Crippen LogP contribution in [-0.4, -0.2) is 37.4 Å². The molecule has 5 aromatic rings. The second-order valence-electron chi connectivity index (χ2n) is 10.4.